The number of rotatable bonds is 3. The Kier molecular flexibility index (Phi) is 4.23. The second kappa shape index (κ2) is 5.42. The Morgan fingerprint density at radius 1 is 1.47 bits per heavy atom. The average molecular weight is 322 g/mol. The summed E-state index contributed by atoms with van der Waals surface area (Å²) in [5.41, 5.74) is 0.840. The molecule has 0 bridgehead atoms. The summed E-state index contributed by atoms with van der Waals surface area (Å²) in [4.78, 5) is 12.1. The van der Waals surface area contributed by atoms with Crippen LogP contribution in [0, 0.1) is 12.8 Å². The van der Waals surface area contributed by atoms with Gasteiger partial charge in [-0.2, -0.15) is 0 Å². The SMILES string of the molecule is Cc1c(C(=O)NC2CCC(C)C2)csc1S(=O)(=O)Cl. The minimum Gasteiger partial charge on any atom is -0.349 e. The first kappa shape index (κ1) is 14.8. The molecule has 1 aliphatic rings. The van der Waals surface area contributed by atoms with Gasteiger partial charge in [0.05, 0.1) is 5.56 Å². The normalized spacial score (nSPS) is 23.5. The number of hydrogen-bond acceptors (Lipinski definition) is 4. The molecule has 1 heterocycles. The summed E-state index contributed by atoms with van der Waals surface area (Å²) in [6.45, 7) is 3.78. The van der Waals surface area contributed by atoms with Crippen molar-refractivity contribution < 1.29 is 13.2 Å². The third kappa shape index (κ3) is 3.30. The van der Waals surface area contributed by atoms with Crippen molar-refractivity contribution in [3.8, 4) is 0 Å². The molecule has 1 amide bonds. The summed E-state index contributed by atoms with van der Waals surface area (Å²) in [5, 5.41) is 4.51. The number of amides is 1. The van der Waals surface area contributed by atoms with Crippen LogP contribution in [0.3, 0.4) is 0 Å². The first-order chi connectivity index (χ1) is 8.79. The third-order valence-corrected chi connectivity index (χ3v) is 6.80. The van der Waals surface area contributed by atoms with E-state index in [4.69, 9.17) is 10.7 Å². The van der Waals surface area contributed by atoms with E-state index in [0.717, 1.165) is 30.6 Å². The topological polar surface area (TPSA) is 63.2 Å². The molecule has 1 aliphatic carbocycles. The number of halogens is 1. The molecule has 0 aliphatic heterocycles. The van der Waals surface area contributed by atoms with E-state index in [1.165, 1.54) is 0 Å². The van der Waals surface area contributed by atoms with E-state index < -0.39 is 9.05 Å². The predicted octanol–water partition coefficient (Wildman–Crippen LogP) is 2.90. The van der Waals surface area contributed by atoms with Crippen LogP contribution in [0.5, 0.6) is 0 Å². The molecule has 2 rings (SSSR count). The van der Waals surface area contributed by atoms with Crippen LogP contribution in [0.2, 0.25) is 0 Å². The smallest absolute Gasteiger partial charge is 0.271 e. The molecule has 1 aromatic rings. The average Bonchev–Trinajstić information content (AvgIpc) is 2.84. The molecule has 1 saturated carbocycles. The Balaban J connectivity index is 2.14. The Labute approximate surface area is 121 Å². The monoisotopic (exact) mass is 321 g/mol. The lowest BCUT2D eigenvalue weighted by atomic mass is 10.1. The van der Waals surface area contributed by atoms with Gasteiger partial charge < -0.3 is 5.32 Å². The quantitative estimate of drug-likeness (QED) is 0.871. The molecule has 1 fully saturated rings. The Bertz CT molecular complexity index is 594. The lowest BCUT2D eigenvalue weighted by Gasteiger charge is -2.12. The van der Waals surface area contributed by atoms with E-state index in [-0.39, 0.29) is 16.2 Å². The van der Waals surface area contributed by atoms with Crippen LogP contribution in [-0.4, -0.2) is 20.4 Å². The zero-order valence-corrected chi connectivity index (χ0v) is 13.2. The van der Waals surface area contributed by atoms with Gasteiger partial charge in [-0.15, -0.1) is 11.3 Å². The molecule has 0 spiro atoms. The molecule has 0 saturated heterocycles. The Morgan fingerprint density at radius 2 is 2.16 bits per heavy atom. The zero-order chi connectivity index (χ0) is 14.2. The fourth-order valence-electron chi connectivity index (χ4n) is 2.46. The molecule has 1 N–H and O–H groups in total. The molecule has 7 heteroatoms. The minimum absolute atomic E-state index is 0.0547. The molecule has 106 valence electrons. The van der Waals surface area contributed by atoms with Crippen LogP contribution >= 0.6 is 22.0 Å². The summed E-state index contributed by atoms with van der Waals surface area (Å²) in [6, 6.07) is 0.192. The van der Waals surface area contributed by atoms with Gasteiger partial charge in [0.15, 0.2) is 0 Å². The van der Waals surface area contributed by atoms with Gasteiger partial charge >= 0.3 is 0 Å². The molecule has 4 nitrogen and oxygen atoms in total. The number of thiophene rings is 1. The van der Waals surface area contributed by atoms with Crippen molar-refractivity contribution in [3.05, 3.63) is 16.5 Å². The highest BCUT2D eigenvalue weighted by atomic mass is 35.7. The lowest BCUT2D eigenvalue weighted by Crippen LogP contribution is -2.33. The highest BCUT2D eigenvalue weighted by Crippen LogP contribution is 2.30. The van der Waals surface area contributed by atoms with Gasteiger partial charge in [-0.25, -0.2) is 8.42 Å². The maximum Gasteiger partial charge on any atom is 0.271 e. The molecule has 2 unspecified atom stereocenters. The zero-order valence-electron chi connectivity index (χ0n) is 10.8. The van der Waals surface area contributed by atoms with Crippen molar-refractivity contribution in [2.24, 2.45) is 5.92 Å². The number of hydrogen-bond donors (Lipinski definition) is 1. The first-order valence-electron chi connectivity index (χ1n) is 6.12. The van der Waals surface area contributed by atoms with E-state index in [9.17, 15) is 13.2 Å². The Morgan fingerprint density at radius 3 is 2.63 bits per heavy atom. The van der Waals surface area contributed by atoms with E-state index in [1.807, 2.05) is 0 Å². The van der Waals surface area contributed by atoms with Gasteiger partial charge in [-0.3, -0.25) is 4.79 Å². The van der Waals surface area contributed by atoms with Gasteiger partial charge in [0.25, 0.3) is 15.0 Å². The van der Waals surface area contributed by atoms with Crippen LogP contribution < -0.4 is 5.32 Å². The molecule has 2 atom stereocenters. The third-order valence-electron chi connectivity index (χ3n) is 3.49. The van der Waals surface area contributed by atoms with Crippen molar-refractivity contribution in [2.45, 2.75) is 43.4 Å². The van der Waals surface area contributed by atoms with Crippen molar-refractivity contribution in [1.29, 1.82) is 0 Å². The summed E-state index contributed by atoms with van der Waals surface area (Å²) < 4.78 is 22.7. The molecule has 0 aromatic carbocycles. The summed E-state index contributed by atoms with van der Waals surface area (Å²) in [5.74, 6) is 0.423. The van der Waals surface area contributed by atoms with E-state index in [1.54, 1.807) is 12.3 Å². The van der Waals surface area contributed by atoms with Gasteiger partial charge in [-0.05, 0) is 37.7 Å². The van der Waals surface area contributed by atoms with Crippen LogP contribution in [0.15, 0.2) is 9.59 Å². The van der Waals surface area contributed by atoms with E-state index in [2.05, 4.69) is 12.2 Å². The maximum atomic E-state index is 12.1. The lowest BCUT2D eigenvalue weighted by molar-refractivity contribution is 0.0937. The standard InChI is InChI=1S/C12H16ClNO3S2/c1-7-3-4-9(5-7)14-11(15)10-6-18-12(8(10)2)19(13,16)17/h6-7,9H,3-5H2,1-2H3,(H,14,15). The fraction of sp³-hybridized carbons (Fsp3) is 0.583. The second-order valence-electron chi connectivity index (χ2n) is 5.09. The van der Waals surface area contributed by atoms with Crippen LogP contribution in [0.25, 0.3) is 0 Å². The summed E-state index contributed by atoms with van der Waals surface area (Å²) >= 11 is 0.989. The molecule has 0 radical (unpaired) electrons. The number of nitrogens with one attached hydrogen (secondary N) is 1. The Hall–Kier alpha value is -0.590. The van der Waals surface area contributed by atoms with Crippen LogP contribution in [0.4, 0.5) is 0 Å². The highest BCUT2D eigenvalue weighted by molar-refractivity contribution is 8.15. The van der Waals surface area contributed by atoms with Gasteiger partial charge in [0, 0.05) is 22.1 Å². The van der Waals surface area contributed by atoms with Gasteiger partial charge in [-0.1, -0.05) is 6.92 Å². The maximum absolute atomic E-state index is 12.1. The summed E-state index contributed by atoms with van der Waals surface area (Å²) in [7, 11) is 1.55. The van der Waals surface area contributed by atoms with E-state index in [0.29, 0.717) is 17.0 Å². The predicted molar refractivity (Wildman–Crippen MR) is 76.4 cm³/mol. The van der Waals surface area contributed by atoms with Crippen molar-refractivity contribution in [1.82, 2.24) is 5.32 Å². The van der Waals surface area contributed by atoms with Crippen LogP contribution in [0.1, 0.15) is 42.1 Å². The van der Waals surface area contributed by atoms with Crippen molar-refractivity contribution in [3.63, 3.8) is 0 Å². The largest absolute Gasteiger partial charge is 0.349 e. The number of carbonyl (C=O) groups excluding carboxylic acids is 1. The van der Waals surface area contributed by atoms with Gasteiger partial charge in [0.1, 0.15) is 4.21 Å². The molecule has 19 heavy (non-hydrogen) atoms. The van der Waals surface area contributed by atoms with Crippen molar-refractivity contribution in [2.75, 3.05) is 0 Å². The summed E-state index contributed by atoms with van der Waals surface area (Å²) in [6.07, 6.45) is 3.08. The second-order valence-corrected chi connectivity index (χ2v) is 8.73. The van der Waals surface area contributed by atoms with E-state index >= 15 is 0 Å². The van der Waals surface area contributed by atoms with Crippen molar-refractivity contribution >= 4 is 37.0 Å². The number of carbonyl (C=O) groups is 1. The van der Waals surface area contributed by atoms with Gasteiger partial charge in [0.2, 0.25) is 0 Å². The fourth-order valence-corrected chi connectivity index (χ4v) is 5.01. The molecular formula is C12H16ClNO3S2. The van der Waals surface area contributed by atoms with Crippen LogP contribution in [-0.2, 0) is 9.05 Å². The first-order valence-corrected chi connectivity index (χ1v) is 9.31. The molecular weight excluding hydrogens is 306 g/mol. The minimum atomic E-state index is -3.77. The molecule has 1 aromatic heterocycles. The highest BCUT2D eigenvalue weighted by Gasteiger charge is 2.26.